The van der Waals surface area contributed by atoms with Crippen molar-refractivity contribution in [3.63, 3.8) is 0 Å². The Balaban J connectivity index is 0.000000960. The molecule has 2 heterocycles. The molecule has 0 unspecified atom stereocenters. The summed E-state index contributed by atoms with van der Waals surface area (Å²) in [5.74, 6) is 0.855. The van der Waals surface area contributed by atoms with E-state index in [9.17, 15) is 0 Å². The van der Waals surface area contributed by atoms with E-state index in [2.05, 4.69) is 43.4 Å². The Labute approximate surface area is 195 Å². The predicted molar refractivity (Wildman–Crippen MR) is 83.7 cm³/mol. The van der Waals surface area contributed by atoms with Crippen molar-refractivity contribution in [3.8, 4) is 0 Å². The van der Waals surface area contributed by atoms with Crippen LogP contribution in [0.5, 0.6) is 0 Å². The fraction of sp³-hybridized carbons (Fsp3) is 0.444. The summed E-state index contributed by atoms with van der Waals surface area (Å²) in [6.45, 7) is 8.79. The van der Waals surface area contributed by atoms with E-state index in [1.165, 1.54) is 18.4 Å². The molecule has 6 heteroatoms. The molecule has 1 aromatic heterocycles. The normalized spacial score (nSPS) is 19.8. The Bertz CT molecular complexity index is 734. The van der Waals surface area contributed by atoms with Crippen LogP contribution in [-0.2, 0) is 77.9 Å². The number of nitrogens with one attached hydrogen (secondary N) is 2. The Kier molecular flexibility index (Phi) is 7.52. The van der Waals surface area contributed by atoms with Gasteiger partial charge in [-0.25, -0.2) is 0 Å². The van der Waals surface area contributed by atoms with Gasteiger partial charge in [0.15, 0.2) is 0 Å². The summed E-state index contributed by atoms with van der Waals surface area (Å²) in [4.78, 5) is 0. The third kappa shape index (κ3) is 3.76. The number of anilines is 1. The molecule has 0 amide bonds. The van der Waals surface area contributed by atoms with Gasteiger partial charge in [0, 0.05) is 77.9 Å². The minimum Gasteiger partial charge on any atom is -0.603 e. The fourth-order valence-electron chi connectivity index (χ4n) is 3.73. The van der Waals surface area contributed by atoms with E-state index in [4.69, 9.17) is 4.42 Å². The summed E-state index contributed by atoms with van der Waals surface area (Å²) in [6.07, 6.45) is 7.41. The molecule has 3 nitrogen and oxygen atoms in total. The second kappa shape index (κ2) is 8.01. The molecule has 2 radical (unpaired) electrons. The average Bonchev–Trinajstić information content (AvgIpc) is 2.90. The number of hydrogen-bond donors (Lipinski definition) is 2. The molecule has 2 aromatic rings. The molecular formula is C18H20N2OVWY-2. The molecule has 1 fully saturated rings. The first-order valence-electron chi connectivity index (χ1n) is 7.58. The Morgan fingerprint density at radius 3 is 2.50 bits per heavy atom. The summed E-state index contributed by atoms with van der Waals surface area (Å²) in [7, 11) is 0. The van der Waals surface area contributed by atoms with Gasteiger partial charge in [0.2, 0.25) is 0 Å². The summed E-state index contributed by atoms with van der Waals surface area (Å²) in [6, 6.07) is 7.19. The third-order valence-electron chi connectivity index (χ3n) is 5.09. The molecule has 2 aliphatic rings. The van der Waals surface area contributed by atoms with Crippen molar-refractivity contribution in [1.29, 1.82) is 0 Å². The predicted octanol–water partition coefficient (Wildman–Crippen LogP) is 4.31. The van der Waals surface area contributed by atoms with Gasteiger partial charge in [0.25, 0.3) is 0 Å². The van der Waals surface area contributed by atoms with E-state index in [1.807, 2.05) is 12.1 Å². The molecule has 2 N–H and O–H groups in total. The van der Waals surface area contributed by atoms with Crippen LogP contribution in [0.3, 0.4) is 0 Å². The van der Waals surface area contributed by atoms with Crippen molar-refractivity contribution < 1.29 is 76.7 Å². The van der Waals surface area contributed by atoms with Crippen molar-refractivity contribution in [2.24, 2.45) is 5.41 Å². The quantitative estimate of drug-likeness (QED) is 0.441. The number of rotatable bonds is 0. The van der Waals surface area contributed by atoms with Gasteiger partial charge in [-0.05, 0) is 37.4 Å². The van der Waals surface area contributed by atoms with Crippen LogP contribution in [0.15, 0.2) is 28.9 Å². The van der Waals surface area contributed by atoms with Crippen LogP contribution in [0.25, 0.3) is 11.0 Å². The van der Waals surface area contributed by atoms with E-state index in [1.54, 1.807) is 0 Å². The zero-order valence-corrected chi connectivity index (χ0v) is 21.2. The smallest absolute Gasteiger partial charge is 0.0937 e. The van der Waals surface area contributed by atoms with Crippen LogP contribution in [0, 0.1) is 17.7 Å². The monoisotopic (exact) mass is 604 g/mol. The van der Waals surface area contributed by atoms with Gasteiger partial charge in [0.1, 0.15) is 0 Å². The van der Waals surface area contributed by atoms with Crippen LogP contribution in [0.4, 0.5) is 5.69 Å². The third-order valence-corrected chi connectivity index (χ3v) is 5.09. The van der Waals surface area contributed by atoms with Gasteiger partial charge in [-0.15, -0.1) is 11.6 Å². The van der Waals surface area contributed by atoms with Crippen molar-refractivity contribution in [2.75, 3.05) is 5.32 Å². The zero-order chi connectivity index (χ0) is 14.7. The SMILES string of the molecule is C=C1Nc2[c-]cc3c[c-]oc3c2C2(CCC(C)(C)CC2)N1.[V].[W].[Y]. The molecule has 0 saturated heterocycles. The molecule has 1 spiro atoms. The minimum absolute atomic E-state index is 0. The maximum absolute atomic E-state index is 5.68. The van der Waals surface area contributed by atoms with Crippen LogP contribution >= 0.6 is 0 Å². The van der Waals surface area contributed by atoms with E-state index in [-0.39, 0.29) is 77.9 Å². The molecule has 1 saturated carbocycles. The molecule has 1 aliphatic heterocycles. The Hall–Kier alpha value is 0.477. The summed E-state index contributed by atoms with van der Waals surface area (Å²) >= 11 is 0. The van der Waals surface area contributed by atoms with Crippen LogP contribution < -0.4 is 10.6 Å². The molecule has 1 aromatic carbocycles. The average molecular weight is 604 g/mol. The zero-order valence-electron chi connectivity index (χ0n) is 14.0. The van der Waals surface area contributed by atoms with Crippen molar-refractivity contribution in [3.05, 3.63) is 42.4 Å². The van der Waals surface area contributed by atoms with E-state index in [0.29, 0.717) is 5.41 Å². The number of furan rings is 1. The standard InChI is InChI=1S/C18H20N2O.V.W.Y/c1-12-19-14-5-4-13-6-11-21-16(13)15(14)18(20-12)9-7-17(2,3)8-10-18;;;/h4,6,19-20H,1,7-10H2,2-3H3;;;/q-2;;;. The van der Waals surface area contributed by atoms with Gasteiger partial charge < -0.3 is 15.1 Å². The molecule has 124 valence electrons. The van der Waals surface area contributed by atoms with E-state index in [0.717, 1.165) is 35.3 Å². The number of fused-ring (bicyclic) bond motifs is 4. The van der Waals surface area contributed by atoms with Crippen LogP contribution in [0.2, 0.25) is 0 Å². The van der Waals surface area contributed by atoms with E-state index >= 15 is 0 Å². The summed E-state index contributed by atoms with van der Waals surface area (Å²) in [5, 5.41) is 7.97. The van der Waals surface area contributed by atoms with Gasteiger partial charge in [-0.2, -0.15) is 17.5 Å². The molecule has 1 aliphatic carbocycles. The molecule has 24 heavy (non-hydrogen) atoms. The maximum Gasteiger partial charge on any atom is 0.0937 e. The van der Waals surface area contributed by atoms with Crippen LogP contribution in [-0.4, -0.2) is 0 Å². The summed E-state index contributed by atoms with van der Waals surface area (Å²) < 4.78 is 5.68. The first-order valence-corrected chi connectivity index (χ1v) is 7.58. The Morgan fingerprint density at radius 2 is 1.83 bits per heavy atom. The van der Waals surface area contributed by atoms with Crippen molar-refractivity contribution >= 4 is 16.7 Å². The van der Waals surface area contributed by atoms with Crippen molar-refractivity contribution in [1.82, 2.24) is 5.32 Å². The summed E-state index contributed by atoms with van der Waals surface area (Å²) in [5.41, 5.74) is 3.44. The van der Waals surface area contributed by atoms with Crippen LogP contribution in [0.1, 0.15) is 45.1 Å². The topological polar surface area (TPSA) is 37.2 Å². The first-order chi connectivity index (χ1) is 9.99. The molecule has 0 atom stereocenters. The minimum atomic E-state index is -0.0884. The fourth-order valence-corrected chi connectivity index (χ4v) is 3.73. The number of benzene rings is 1. The molecule has 4 rings (SSSR count). The van der Waals surface area contributed by atoms with Gasteiger partial charge in [-0.3, -0.25) is 0 Å². The van der Waals surface area contributed by atoms with E-state index < -0.39 is 0 Å². The first kappa shape index (κ1) is 22.5. The van der Waals surface area contributed by atoms with Gasteiger partial charge in [-0.1, -0.05) is 31.7 Å². The van der Waals surface area contributed by atoms with Gasteiger partial charge >= 0.3 is 0 Å². The molecule has 0 bridgehead atoms. The largest absolute Gasteiger partial charge is 0.603 e. The van der Waals surface area contributed by atoms with Crippen molar-refractivity contribution in [2.45, 2.75) is 45.1 Å². The Morgan fingerprint density at radius 1 is 1.17 bits per heavy atom. The molecular weight excluding hydrogens is 584 g/mol. The second-order valence-electron chi connectivity index (χ2n) is 7.16. The number of hydrogen-bond acceptors (Lipinski definition) is 3. The van der Waals surface area contributed by atoms with Gasteiger partial charge in [0.05, 0.1) is 5.82 Å². The second-order valence-corrected chi connectivity index (χ2v) is 7.16. The maximum atomic E-state index is 5.68.